The van der Waals surface area contributed by atoms with Crippen LogP contribution in [0.4, 0.5) is 0 Å². The summed E-state index contributed by atoms with van der Waals surface area (Å²) in [6, 6.07) is 6.97. The third-order valence-electron chi connectivity index (χ3n) is 4.13. The van der Waals surface area contributed by atoms with Crippen LogP contribution in [0.15, 0.2) is 18.2 Å². The number of aryl methyl sites for hydroxylation is 2. The Kier molecular flexibility index (Phi) is 4.81. The average molecular weight is 274 g/mol. The van der Waals surface area contributed by atoms with E-state index in [1.54, 1.807) is 0 Å². The molecular formula is C17H26N2O. The van der Waals surface area contributed by atoms with Gasteiger partial charge in [0.15, 0.2) is 0 Å². The van der Waals surface area contributed by atoms with Crippen molar-refractivity contribution in [2.75, 3.05) is 13.6 Å². The number of rotatable bonds is 6. The first-order chi connectivity index (χ1) is 9.52. The second-order valence-corrected chi connectivity index (χ2v) is 6.07. The topological polar surface area (TPSA) is 32.3 Å². The molecule has 3 heteroatoms. The van der Waals surface area contributed by atoms with E-state index in [1.807, 2.05) is 14.0 Å². The van der Waals surface area contributed by atoms with E-state index in [0.717, 1.165) is 25.9 Å². The lowest BCUT2D eigenvalue weighted by molar-refractivity contribution is -0.136. The van der Waals surface area contributed by atoms with E-state index < -0.39 is 0 Å². The lowest BCUT2D eigenvalue weighted by Gasteiger charge is -2.26. The van der Waals surface area contributed by atoms with Crippen molar-refractivity contribution in [2.45, 2.75) is 46.2 Å². The molecule has 0 spiro atoms. The molecule has 2 rings (SSSR count). The van der Waals surface area contributed by atoms with Gasteiger partial charge in [-0.1, -0.05) is 25.1 Å². The first-order valence-electron chi connectivity index (χ1n) is 7.54. The molecule has 0 saturated heterocycles. The Balaban J connectivity index is 2.09. The molecule has 1 aliphatic carbocycles. The number of carbonyl (C=O) groups excluding carboxylic acids is 1. The van der Waals surface area contributed by atoms with Gasteiger partial charge < -0.3 is 10.2 Å². The molecule has 1 unspecified atom stereocenters. The van der Waals surface area contributed by atoms with Crippen molar-refractivity contribution in [1.82, 2.24) is 10.2 Å². The first kappa shape index (κ1) is 15.0. The predicted molar refractivity (Wildman–Crippen MR) is 82.6 cm³/mol. The van der Waals surface area contributed by atoms with Gasteiger partial charge in [-0.3, -0.25) is 4.79 Å². The lowest BCUT2D eigenvalue weighted by Crippen LogP contribution is -2.39. The second-order valence-electron chi connectivity index (χ2n) is 6.07. The molecule has 110 valence electrons. The Morgan fingerprint density at radius 1 is 1.35 bits per heavy atom. The number of hydrogen-bond donors (Lipinski definition) is 1. The van der Waals surface area contributed by atoms with Crippen molar-refractivity contribution < 1.29 is 4.79 Å². The molecule has 0 bridgehead atoms. The van der Waals surface area contributed by atoms with E-state index in [9.17, 15) is 4.79 Å². The maximum absolute atomic E-state index is 12.6. The number of carbonyl (C=O) groups is 1. The van der Waals surface area contributed by atoms with Crippen molar-refractivity contribution in [3.8, 4) is 0 Å². The highest BCUT2D eigenvalue weighted by Crippen LogP contribution is 2.30. The molecule has 1 saturated carbocycles. The van der Waals surface area contributed by atoms with E-state index >= 15 is 0 Å². The van der Waals surface area contributed by atoms with Crippen LogP contribution in [0, 0.1) is 19.8 Å². The Morgan fingerprint density at radius 3 is 2.60 bits per heavy atom. The maximum atomic E-state index is 12.6. The molecule has 1 aliphatic rings. The molecule has 3 nitrogen and oxygen atoms in total. The van der Waals surface area contributed by atoms with E-state index in [0.29, 0.717) is 6.04 Å². The fourth-order valence-corrected chi connectivity index (χ4v) is 2.55. The van der Waals surface area contributed by atoms with Gasteiger partial charge in [0.05, 0.1) is 0 Å². The third-order valence-corrected chi connectivity index (χ3v) is 4.13. The maximum Gasteiger partial charge on any atom is 0.227 e. The van der Waals surface area contributed by atoms with Gasteiger partial charge in [0.25, 0.3) is 0 Å². The van der Waals surface area contributed by atoms with Crippen molar-refractivity contribution in [1.29, 1.82) is 0 Å². The molecule has 20 heavy (non-hydrogen) atoms. The van der Waals surface area contributed by atoms with Crippen LogP contribution in [0.25, 0.3) is 0 Å². The molecular weight excluding hydrogens is 248 g/mol. The van der Waals surface area contributed by atoms with Crippen LogP contribution in [-0.2, 0) is 11.3 Å². The summed E-state index contributed by atoms with van der Waals surface area (Å²) in [7, 11) is 1.90. The van der Waals surface area contributed by atoms with Gasteiger partial charge in [-0.05, 0) is 50.4 Å². The zero-order chi connectivity index (χ0) is 14.7. The number of nitrogens with zero attached hydrogens (tertiary/aromatic N) is 1. The molecule has 0 heterocycles. The minimum Gasteiger partial charge on any atom is -0.335 e. The average Bonchev–Trinajstić information content (AvgIpc) is 3.24. The van der Waals surface area contributed by atoms with E-state index in [-0.39, 0.29) is 11.8 Å². The SMILES string of the molecule is CNCC(C)C(=O)N(Cc1ccc(C)c(C)c1)C1CC1. The summed E-state index contributed by atoms with van der Waals surface area (Å²) < 4.78 is 0. The predicted octanol–water partition coefficient (Wildman–Crippen LogP) is 2.65. The quantitative estimate of drug-likeness (QED) is 0.865. The van der Waals surface area contributed by atoms with Gasteiger partial charge >= 0.3 is 0 Å². The molecule has 0 radical (unpaired) electrons. The second kappa shape index (κ2) is 6.40. The summed E-state index contributed by atoms with van der Waals surface area (Å²) in [5.74, 6) is 0.326. The summed E-state index contributed by atoms with van der Waals surface area (Å²) in [6.45, 7) is 7.76. The summed E-state index contributed by atoms with van der Waals surface area (Å²) in [5, 5.41) is 3.10. The third kappa shape index (κ3) is 3.60. The van der Waals surface area contributed by atoms with Gasteiger partial charge in [0, 0.05) is 25.0 Å². The molecule has 1 aromatic carbocycles. The minimum atomic E-state index is 0.0483. The zero-order valence-electron chi connectivity index (χ0n) is 13.1. The highest BCUT2D eigenvalue weighted by molar-refractivity contribution is 5.79. The molecule has 1 aromatic rings. The fourth-order valence-electron chi connectivity index (χ4n) is 2.55. The van der Waals surface area contributed by atoms with Crippen LogP contribution in [0.2, 0.25) is 0 Å². The van der Waals surface area contributed by atoms with E-state index in [1.165, 1.54) is 16.7 Å². The van der Waals surface area contributed by atoms with E-state index in [2.05, 4.69) is 42.3 Å². The van der Waals surface area contributed by atoms with Crippen LogP contribution in [0.3, 0.4) is 0 Å². The van der Waals surface area contributed by atoms with Crippen molar-refractivity contribution in [3.63, 3.8) is 0 Å². The van der Waals surface area contributed by atoms with Gasteiger partial charge in [-0.25, -0.2) is 0 Å². The lowest BCUT2D eigenvalue weighted by atomic mass is 10.0. The molecule has 0 aliphatic heterocycles. The molecule has 0 aromatic heterocycles. The molecule has 1 N–H and O–H groups in total. The summed E-state index contributed by atoms with van der Waals surface area (Å²) >= 11 is 0. The molecule has 1 amide bonds. The Morgan fingerprint density at radius 2 is 2.05 bits per heavy atom. The smallest absolute Gasteiger partial charge is 0.227 e. The monoisotopic (exact) mass is 274 g/mol. The fraction of sp³-hybridized carbons (Fsp3) is 0.588. The number of hydrogen-bond acceptors (Lipinski definition) is 2. The van der Waals surface area contributed by atoms with E-state index in [4.69, 9.17) is 0 Å². The van der Waals surface area contributed by atoms with Gasteiger partial charge in [-0.15, -0.1) is 0 Å². The first-order valence-corrected chi connectivity index (χ1v) is 7.54. The van der Waals surface area contributed by atoms with Crippen LogP contribution >= 0.6 is 0 Å². The van der Waals surface area contributed by atoms with Gasteiger partial charge in [-0.2, -0.15) is 0 Å². The van der Waals surface area contributed by atoms with Crippen molar-refractivity contribution in [3.05, 3.63) is 34.9 Å². The Labute approximate surface area is 122 Å². The van der Waals surface area contributed by atoms with Crippen LogP contribution in [-0.4, -0.2) is 30.4 Å². The standard InChI is InChI=1S/C17H26N2O/c1-12-5-6-15(9-13(12)2)11-19(16-7-8-16)17(20)14(3)10-18-4/h5-6,9,14,16,18H,7-8,10-11H2,1-4H3. The van der Waals surface area contributed by atoms with Gasteiger partial charge in [0.2, 0.25) is 5.91 Å². The Bertz CT molecular complexity index is 480. The summed E-state index contributed by atoms with van der Waals surface area (Å²) in [4.78, 5) is 14.6. The number of benzene rings is 1. The van der Waals surface area contributed by atoms with Crippen LogP contribution in [0.5, 0.6) is 0 Å². The van der Waals surface area contributed by atoms with Crippen LogP contribution < -0.4 is 5.32 Å². The highest BCUT2D eigenvalue weighted by atomic mass is 16.2. The molecule has 1 fully saturated rings. The van der Waals surface area contributed by atoms with Crippen molar-refractivity contribution in [2.24, 2.45) is 5.92 Å². The normalized spacial score (nSPS) is 16.0. The minimum absolute atomic E-state index is 0.0483. The zero-order valence-corrected chi connectivity index (χ0v) is 13.1. The summed E-state index contributed by atoms with van der Waals surface area (Å²) in [5.41, 5.74) is 3.85. The summed E-state index contributed by atoms with van der Waals surface area (Å²) in [6.07, 6.45) is 2.31. The van der Waals surface area contributed by atoms with Crippen molar-refractivity contribution >= 4 is 5.91 Å². The van der Waals surface area contributed by atoms with Gasteiger partial charge in [0.1, 0.15) is 0 Å². The largest absolute Gasteiger partial charge is 0.335 e. The van der Waals surface area contributed by atoms with Crippen LogP contribution in [0.1, 0.15) is 36.5 Å². The highest BCUT2D eigenvalue weighted by Gasteiger charge is 2.34. The number of nitrogens with one attached hydrogen (secondary N) is 1. The number of amides is 1. The Hall–Kier alpha value is -1.35. The molecule has 1 atom stereocenters.